The molecule has 1 aliphatic heterocycles. The van der Waals surface area contributed by atoms with E-state index in [9.17, 15) is 44.2 Å². The number of carbonyl (C=O) groups excluding carboxylic acids is 5. The van der Waals surface area contributed by atoms with E-state index in [-0.39, 0.29) is 59.9 Å². The van der Waals surface area contributed by atoms with Crippen LogP contribution in [0.4, 0.5) is 22.7 Å². The third kappa shape index (κ3) is 18.9. The molecular formula is C68H78N4O16S4. The topological polar surface area (TPSA) is 252 Å². The molecule has 20 nitrogen and oxygen atoms in total. The molecule has 6 aromatic rings. The van der Waals surface area contributed by atoms with Gasteiger partial charge >= 0.3 is 17.9 Å². The summed E-state index contributed by atoms with van der Waals surface area (Å²) in [6.07, 6.45) is 0. The van der Waals surface area contributed by atoms with Crippen molar-refractivity contribution in [1.29, 1.82) is 0 Å². The van der Waals surface area contributed by atoms with Crippen molar-refractivity contribution >= 4 is 99.5 Å². The Morgan fingerprint density at radius 1 is 0.424 bits per heavy atom. The monoisotopic (exact) mass is 1330 g/mol. The highest BCUT2D eigenvalue weighted by atomic mass is 32.2. The lowest BCUT2D eigenvalue weighted by Gasteiger charge is -2.28. The molecule has 0 aliphatic carbocycles. The minimum atomic E-state index is -0.732. The highest BCUT2D eigenvalue weighted by Crippen LogP contribution is 2.56. The molecule has 0 radical (unpaired) electrons. The Kier molecular flexibility index (Phi) is 23.5. The Bertz CT molecular complexity index is 3620. The van der Waals surface area contributed by atoms with E-state index >= 15 is 0 Å². The molecule has 24 heteroatoms. The molecule has 8 bridgehead atoms. The molecule has 0 atom stereocenters. The minimum Gasteiger partial charge on any atom is -0.481 e. The van der Waals surface area contributed by atoms with Crippen molar-refractivity contribution in [3.63, 3.8) is 0 Å². The van der Waals surface area contributed by atoms with Gasteiger partial charge in [0.25, 0.3) is 23.2 Å². The minimum absolute atomic E-state index is 0.0223. The number of fused-ring (bicyclic) bond motifs is 8. The average molecular weight is 1340 g/mol. The summed E-state index contributed by atoms with van der Waals surface area (Å²) in [6.45, 7) is 27.2. The molecule has 0 saturated heterocycles. The van der Waals surface area contributed by atoms with Crippen LogP contribution in [0.2, 0.25) is 0 Å². The van der Waals surface area contributed by atoms with Gasteiger partial charge in [-0.3, -0.25) is 39.5 Å². The molecule has 2 amide bonds. The Hall–Kier alpha value is -7.93. The predicted molar refractivity (Wildman–Crippen MR) is 356 cm³/mol. The van der Waals surface area contributed by atoms with Crippen LogP contribution in [0.3, 0.4) is 0 Å². The Morgan fingerprint density at radius 2 is 0.707 bits per heavy atom. The first-order chi connectivity index (χ1) is 43.2. The third-order valence-corrected chi connectivity index (χ3v) is 18.2. The number of non-ortho nitro benzene ring substituents is 2. The summed E-state index contributed by atoms with van der Waals surface area (Å²) in [5, 5.41) is 26.1. The fourth-order valence-electron chi connectivity index (χ4n) is 8.98. The van der Waals surface area contributed by atoms with Gasteiger partial charge in [0.1, 0.15) is 29.5 Å². The van der Waals surface area contributed by atoms with Gasteiger partial charge in [-0.25, -0.2) is 9.59 Å². The van der Waals surface area contributed by atoms with Crippen molar-refractivity contribution in [2.24, 2.45) is 0 Å². The number of amides is 2. The van der Waals surface area contributed by atoms with Gasteiger partial charge in [0.2, 0.25) is 0 Å². The second-order valence-electron chi connectivity index (χ2n) is 25.3. The van der Waals surface area contributed by atoms with Gasteiger partial charge in [-0.2, -0.15) is 0 Å². The maximum Gasteiger partial charge on any atom is 0.344 e. The first kappa shape index (κ1) is 71.5. The van der Waals surface area contributed by atoms with Crippen LogP contribution in [0.25, 0.3) is 0 Å². The highest BCUT2D eigenvalue weighted by Gasteiger charge is 2.33. The fourth-order valence-corrected chi connectivity index (χ4v) is 13.8. The molecule has 0 aromatic heterocycles. The number of esters is 3. The number of ether oxygens (including phenoxy) is 7. The molecule has 0 saturated carbocycles. The lowest BCUT2D eigenvalue weighted by atomic mass is 9.87. The molecule has 92 heavy (non-hydrogen) atoms. The van der Waals surface area contributed by atoms with E-state index in [1.54, 1.807) is 20.8 Å². The average Bonchev–Trinajstić information content (AvgIpc) is 0.786. The van der Waals surface area contributed by atoms with Crippen molar-refractivity contribution in [3.8, 4) is 23.0 Å². The zero-order valence-electron chi connectivity index (χ0n) is 54.4. The largest absolute Gasteiger partial charge is 0.481 e. The number of hydrogen-bond donors (Lipinski definition) is 1. The zero-order valence-corrected chi connectivity index (χ0v) is 57.7. The number of hydrogen-bond acceptors (Lipinski definition) is 20. The number of nitrogens with zero attached hydrogens (tertiary/aromatic N) is 3. The van der Waals surface area contributed by atoms with Crippen LogP contribution in [-0.4, -0.2) is 92.4 Å². The number of rotatable bonds is 21. The van der Waals surface area contributed by atoms with Crippen molar-refractivity contribution in [2.45, 2.75) is 165 Å². The second-order valence-corrected chi connectivity index (χ2v) is 29.6. The number of nitro benzene ring substituents is 2. The summed E-state index contributed by atoms with van der Waals surface area (Å²) in [5.74, 6) is -2.22. The van der Waals surface area contributed by atoms with Crippen molar-refractivity contribution < 1.29 is 67.0 Å². The molecule has 0 fully saturated rings. The quantitative estimate of drug-likeness (QED) is 0.0304. The summed E-state index contributed by atoms with van der Waals surface area (Å²) in [6, 6.07) is 26.5. The van der Waals surface area contributed by atoms with Crippen molar-refractivity contribution in [1.82, 2.24) is 0 Å². The number of nitro groups is 2. The van der Waals surface area contributed by atoms with E-state index in [2.05, 4.69) is 88.4 Å². The summed E-state index contributed by atoms with van der Waals surface area (Å²) in [5.41, 5.74) is 1.41. The van der Waals surface area contributed by atoms with Crippen LogP contribution >= 0.6 is 47.0 Å². The second kappa shape index (κ2) is 30.2. The van der Waals surface area contributed by atoms with E-state index in [0.717, 1.165) is 27.2 Å². The van der Waals surface area contributed by atoms with Gasteiger partial charge in [-0.1, -0.05) is 130 Å². The molecule has 1 heterocycles. The predicted octanol–water partition coefficient (Wildman–Crippen LogP) is 15.5. The van der Waals surface area contributed by atoms with E-state index < -0.39 is 94.2 Å². The Balaban J connectivity index is 1.58. The molecule has 6 aromatic carbocycles. The zero-order chi connectivity index (χ0) is 67.6. The van der Waals surface area contributed by atoms with Crippen LogP contribution in [0.15, 0.2) is 136 Å². The number of nitrogens with one attached hydrogen (secondary N) is 1. The maximum absolute atomic E-state index is 14.9. The van der Waals surface area contributed by atoms with Crippen molar-refractivity contribution in [3.05, 3.63) is 140 Å². The SMILES string of the molecule is CCOC(=O)COc1c2cc(C(C)(C)C)cc1Sc1cc(C(C)(C)C)cc(c1OCC(=O)N(CC(=O)OCC)c1ccc([N+](=O)[O-])cc1)Sc1cc(C(C)(C)C)cc(c1OCC(=O)OCC)Sc1cc(C(C)(C)C)cc(c1OCC(=O)Nc1ccc([N+](=O)[O-])cc1)S2. The number of benzene rings is 6. The van der Waals surface area contributed by atoms with Crippen LogP contribution in [0.5, 0.6) is 23.0 Å². The standard InChI is InChI=1S/C68H78N4O16S4/c1-16-82-58(75)35-70(45-23-25-47(26-24-45)72(80)81)57(74)37-86-62-50-29-41(66(7,8)9)30-51(62)92-55-34-43(68(13,14)15)32-53(64(55)88-39-60(77)84-18-3)90-49-28-40(65(4,5)6)27-48(61(49)85-36-56(73)69-44-19-21-46(22-20-44)71(78)79)89-52-31-42(67(10,11)12)33-54(91-50)63(52)87-38-59(76)83-17-2/h19-34H,16-18,35-39H2,1-15H3,(H,69,73). The molecule has 0 unspecified atom stereocenters. The Labute approximate surface area is 553 Å². The van der Waals surface area contributed by atoms with Crippen LogP contribution in [0, 0.1) is 20.2 Å². The number of anilines is 2. The van der Waals surface area contributed by atoms with Gasteiger partial charge < -0.3 is 38.5 Å². The molecular weight excluding hydrogens is 1260 g/mol. The van der Waals surface area contributed by atoms with E-state index in [1.165, 1.54) is 95.6 Å². The summed E-state index contributed by atoms with van der Waals surface area (Å²) < 4.78 is 43.3. The lowest BCUT2D eigenvalue weighted by Crippen LogP contribution is -2.39. The summed E-state index contributed by atoms with van der Waals surface area (Å²) in [4.78, 5) is 96.7. The van der Waals surface area contributed by atoms with Gasteiger partial charge in [-0.05, 0) is 137 Å². The van der Waals surface area contributed by atoms with E-state index in [0.29, 0.717) is 44.9 Å². The van der Waals surface area contributed by atoms with Gasteiger partial charge in [-0.15, -0.1) is 0 Å². The third-order valence-electron chi connectivity index (χ3n) is 14.0. The molecule has 490 valence electrons. The fraction of sp³-hybridized carbons (Fsp3) is 0.397. The van der Waals surface area contributed by atoms with E-state index in [4.69, 9.17) is 33.2 Å². The number of carbonyl (C=O) groups is 5. The smallest absolute Gasteiger partial charge is 0.344 e. The van der Waals surface area contributed by atoms with Crippen LogP contribution < -0.4 is 29.2 Å². The maximum atomic E-state index is 14.9. The van der Waals surface area contributed by atoms with Crippen molar-refractivity contribution in [2.75, 3.05) is 63.0 Å². The van der Waals surface area contributed by atoms with Gasteiger partial charge in [0.15, 0.2) is 26.4 Å². The Morgan fingerprint density at radius 3 is 1.00 bits per heavy atom. The van der Waals surface area contributed by atoms with Crippen LogP contribution in [0.1, 0.15) is 126 Å². The molecule has 1 N–H and O–H groups in total. The summed E-state index contributed by atoms with van der Waals surface area (Å²) in [7, 11) is 0. The first-order valence-corrected chi connectivity index (χ1v) is 33.0. The van der Waals surface area contributed by atoms with Gasteiger partial charge in [0, 0.05) is 35.6 Å². The normalized spacial score (nSPS) is 12.4. The first-order valence-electron chi connectivity index (χ1n) is 29.7. The molecule has 7 rings (SSSR count). The van der Waals surface area contributed by atoms with Crippen LogP contribution in [-0.2, 0) is 59.8 Å². The lowest BCUT2D eigenvalue weighted by molar-refractivity contribution is -0.385. The molecule has 1 aliphatic rings. The highest BCUT2D eigenvalue weighted by molar-refractivity contribution is 8.01. The summed E-state index contributed by atoms with van der Waals surface area (Å²) >= 11 is 5.08. The van der Waals surface area contributed by atoms with Gasteiger partial charge in [0.05, 0.1) is 68.8 Å². The van der Waals surface area contributed by atoms with E-state index in [1.807, 2.05) is 48.5 Å². The molecule has 0 spiro atoms.